The average Bonchev–Trinajstić information content (AvgIpc) is 2.84. The van der Waals surface area contributed by atoms with Gasteiger partial charge in [-0.25, -0.2) is 0 Å². The molecule has 1 aliphatic carbocycles. The van der Waals surface area contributed by atoms with Crippen molar-refractivity contribution in [2.45, 2.75) is 36.0 Å². The summed E-state index contributed by atoms with van der Waals surface area (Å²) >= 11 is 0. The standard InChI is InChI=1S/C12H2F14N2O2/c13-8(14,15)2-1-3(6(30)28-27-5(1)29)7(11(21,22)23,4(2)9(16,17)18)10(19,20)12(24,25)26/h(H,27,29)(H,28,30). The number of alkyl halides is 14. The molecule has 0 fully saturated rings. The quantitative estimate of drug-likeness (QED) is 0.609. The van der Waals surface area contributed by atoms with Gasteiger partial charge in [-0.3, -0.25) is 19.8 Å². The number of halogens is 14. The second-order valence-corrected chi connectivity index (χ2v) is 5.72. The van der Waals surface area contributed by atoms with Crippen LogP contribution < -0.4 is 11.1 Å². The maximum absolute atomic E-state index is 14.1. The highest BCUT2D eigenvalue weighted by Gasteiger charge is 2.87. The number of hydrogen-bond donors (Lipinski definition) is 2. The van der Waals surface area contributed by atoms with Crippen molar-refractivity contribution < 1.29 is 61.5 Å². The van der Waals surface area contributed by atoms with E-state index in [1.54, 1.807) is 0 Å². The van der Waals surface area contributed by atoms with Gasteiger partial charge in [0.25, 0.3) is 11.1 Å². The van der Waals surface area contributed by atoms with E-state index >= 15 is 0 Å². The van der Waals surface area contributed by atoms with Gasteiger partial charge in [0.05, 0.1) is 22.3 Å². The van der Waals surface area contributed by atoms with Gasteiger partial charge in [-0.2, -0.15) is 61.5 Å². The molecule has 0 aromatic carbocycles. The van der Waals surface area contributed by atoms with Crippen LogP contribution in [0, 0.1) is 0 Å². The van der Waals surface area contributed by atoms with Crippen molar-refractivity contribution in [2.75, 3.05) is 0 Å². The van der Waals surface area contributed by atoms with E-state index in [0.717, 1.165) is 10.2 Å². The third-order valence-electron chi connectivity index (χ3n) is 4.06. The molecule has 0 spiro atoms. The Labute approximate surface area is 152 Å². The Morgan fingerprint density at radius 1 is 0.633 bits per heavy atom. The molecule has 2 N–H and O–H groups in total. The van der Waals surface area contributed by atoms with Crippen molar-refractivity contribution in [3.8, 4) is 0 Å². The largest absolute Gasteiger partial charge is 0.454 e. The third-order valence-corrected chi connectivity index (χ3v) is 4.06. The van der Waals surface area contributed by atoms with E-state index in [1.807, 2.05) is 0 Å². The van der Waals surface area contributed by atoms with Gasteiger partial charge in [-0.1, -0.05) is 0 Å². The first kappa shape index (κ1) is 23.7. The van der Waals surface area contributed by atoms with Crippen LogP contribution in [0.25, 0.3) is 5.57 Å². The molecule has 0 amide bonds. The first-order valence-electron chi connectivity index (χ1n) is 6.80. The van der Waals surface area contributed by atoms with E-state index in [0.29, 0.717) is 0 Å². The fraction of sp³-hybridized carbons (Fsp3) is 0.500. The Kier molecular flexibility index (Phi) is 4.74. The smallest absolute Gasteiger partial charge is 0.268 e. The zero-order chi connectivity index (χ0) is 23.9. The number of aromatic amines is 2. The van der Waals surface area contributed by atoms with Crippen LogP contribution in [0.5, 0.6) is 0 Å². The lowest BCUT2D eigenvalue weighted by Crippen LogP contribution is -2.65. The van der Waals surface area contributed by atoms with Gasteiger partial charge in [0.15, 0.2) is 0 Å². The van der Waals surface area contributed by atoms with Gasteiger partial charge in [-0.15, -0.1) is 0 Å². The number of aromatic nitrogens is 2. The normalized spacial score (nSPS) is 21.3. The summed E-state index contributed by atoms with van der Waals surface area (Å²) in [6, 6.07) is 0. The fourth-order valence-corrected chi connectivity index (χ4v) is 3.13. The van der Waals surface area contributed by atoms with Gasteiger partial charge >= 0.3 is 30.6 Å². The molecule has 1 atom stereocenters. The molecule has 0 aliphatic heterocycles. The molecule has 1 unspecified atom stereocenters. The number of H-pyrrole nitrogens is 2. The van der Waals surface area contributed by atoms with Crippen LogP contribution >= 0.6 is 0 Å². The average molecular weight is 472 g/mol. The van der Waals surface area contributed by atoms with E-state index in [2.05, 4.69) is 0 Å². The van der Waals surface area contributed by atoms with Crippen LogP contribution in [0.1, 0.15) is 11.1 Å². The second-order valence-electron chi connectivity index (χ2n) is 5.72. The van der Waals surface area contributed by atoms with Crippen LogP contribution in [0.3, 0.4) is 0 Å². The van der Waals surface area contributed by atoms with Crippen LogP contribution in [-0.2, 0) is 5.41 Å². The molecule has 170 valence electrons. The summed E-state index contributed by atoms with van der Waals surface area (Å²) in [6.07, 6.45) is -28.9. The van der Waals surface area contributed by atoms with Gasteiger partial charge < -0.3 is 0 Å². The molecule has 0 saturated carbocycles. The monoisotopic (exact) mass is 472 g/mol. The van der Waals surface area contributed by atoms with Crippen LogP contribution in [0.15, 0.2) is 15.2 Å². The minimum absolute atomic E-state index is 0.739. The van der Waals surface area contributed by atoms with Crippen LogP contribution in [-0.4, -0.2) is 40.8 Å². The summed E-state index contributed by atoms with van der Waals surface area (Å²) in [5.74, 6) is -7.67. The van der Waals surface area contributed by atoms with Crippen molar-refractivity contribution in [2.24, 2.45) is 0 Å². The zero-order valence-corrected chi connectivity index (χ0v) is 13.1. The molecule has 2 rings (SSSR count). The summed E-state index contributed by atoms with van der Waals surface area (Å²) in [7, 11) is 0. The third kappa shape index (κ3) is 2.82. The Balaban J connectivity index is 3.45. The lowest BCUT2D eigenvalue weighted by molar-refractivity contribution is -0.354. The minimum Gasteiger partial charge on any atom is -0.268 e. The number of fused-ring (bicyclic) bond motifs is 1. The highest BCUT2D eigenvalue weighted by Crippen LogP contribution is 2.68. The van der Waals surface area contributed by atoms with E-state index in [1.165, 1.54) is 0 Å². The van der Waals surface area contributed by atoms with Gasteiger partial charge in [0.2, 0.25) is 5.41 Å². The summed E-state index contributed by atoms with van der Waals surface area (Å²) in [5, 5.41) is 1.60. The lowest BCUT2D eigenvalue weighted by Gasteiger charge is -2.41. The first-order valence-corrected chi connectivity index (χ1v) is 6.80. The van der Waals surface area contributed by atoms with Crippen molar-refractivity contribution in [1.82, 2.24) is 10.2 Å². The van der Waals surface area contributed by atoms with Crippen molar-refractivity contribution in [3.05, 3.63) is 37.4 Å². The molecule has 0 radical (unpaired) electrons. The summed E-state index contributed by atoms with van der Waals surface area (Å²) < 4.78 is 187. The second kappa shape index (κ2) is 5.99. The predicted octanol–water partition coefficient (Wildman–Crippen LogP) is 3.95. The molecule has 4 nitrogen and oxygen atoms in total. The Morgan fingerprint density at radius 3 is 1.40 bits per heavy atom. The topological polar surface area (TPSA) is 65.7 Å². The van der Waals surface area contributed by atoms with E-state index in [4.69, 9.17) is 0 Å². The molecule has 1 aromatic heterocycles. The Morgan fingerprint density at radius 2 is 1.07 bits per heavy atom. The van der Waals surface area contributed by atoms with Gasteiger partial charge in [0.1, 0.15) is 0 Å². The number of allylic oxidation sites excluding steroid dienone is 2. The molecule has 0 saturated heterocycles. The highest BCUT2D eigenvalue weighted by molar-refractivity contribution is 5.84. The molecule has 1 heterocycles. The van der Waals surface area contributed by atoms with Crippen molar-refractivity contribution in [3.63, 3.8) is 0 Å². The molecular formula is C12H2F14N2O2. The zero-order valence-electron chi connectivity index (χ0n) is 13.1. The van der Waals surface area contributed by atoms with Crippen molar-refractivity contribution >= 4 is 5.57 Å². The molecule has 1 aromatic rings. The SMILES string of the molecule is O=c1[nH][nH]c(=O)c2c1C(C(F)(F)F)=C(C(F)(F)F)C2(C(F)(F)F)C(F)(F)C(F)(F)F. The Hall–Kier alpha value is -2.56. The maximum Gasteiger partial charge on any atom is 0.454 e. The van der Waals surface area contributed by atoms with E-state index in [-0.39, 0.29) is 0 Å². The van der Waals surface area contributed by atoms with Crippen LogP contribution in [0.2, 0.25) is 0 Å². The predicted molar refractivity (Wildman–Crippen MR) is 65.4 cm³/mol. The molecular weight excluding hydrogens is 470 g/mol. The van der Waals surface area contributed by atoms with E-state index in [9.17, 15) is 71.1 Å². The maximum atomic E-state index is 14.1. The number of nitrogens with one attached hydrogen (secondary N) is 2. The van der Waals surface area contributed by atoms with Gasteiger partial charge in [0, 0.05) is 0 Å². The molecule has 30 heavy (non-hydrogen) atoms. The number of rotatable bonds is 1. The Bertz CT molecular complexity index is 1020. The molecule has 0 bridgehead atoms. The van der Waals surface area contributed by atoms with Gasteiger partial charge in [-0.05, 0) is 0 Å². The van der Waals surface area contributed by atoms with Crippen LogP contribution in [0.4, 0.5) is 61.5 Å². The minimum atomic E-state index is -7.67. The summed E-state index contributed by atoms with van der Waals surface area (Å²) in [6.45, 7) is 0. The highest BCUT2D eigenvalue weighted by atomic mass is 19.4. The lowest BCUT2D eigenvalue weighted by atomic mass is 9.70. The summed E-state index contributed by atoms with van der Waals surface area (Å²) in [5.41, 5.74) is -27.1. The van der Waals surface area contributed by atoms with Crippen molar-refractivity contribution in [1.29, 1.82) is 0 Å². The van der Waals surface area contributed by atoms with E-state index < -0.39 is 69.4 Å². The molecule has 1 aliphatic rings. The first-order chi connectivity index (χ1) is 13.0. The molecule has 18 heteroatoms. The summed E-state index contributed by atoms with van der Waals surface area (Å²) in [4.78, 5) is 23.2. The number of hydrogen-bond acceptors (Lipinski definition) is 2. The fourth-order valence-electron chi connectivity index (χ4n) is 3.13.